The normalized spacial score (nSPS) is 12.5. The van der Waals surface area contributed by atoms with Gasteiger partial charge in [-0.3, -0.25) is 9.59 Å². The van der Waals surface area contributed by atoms with E-state index in [4.69, 9.17) is 0 Å². The van der Waals surface area contributed by atoms with Crippen molar-refractivity contribution < 1.29 is 32.6 Å². The van der Waals surface area contributed by atoms with Gasteiger partial charge in [-0.2, -0.15) is 4.31 Å². The molecule has 10 heteroatoms. The molecule has 0 aromatic heterocycles. The predicted octanol–water partition coefficient (Wildman–Crippen LogP) is 0.382. The molecule has 0 fully saturated rings. The van der Waals surface area contributed by atoms with Crippen LogP contribution in [0.4, 0.5) is 0 Å². The molecule has 0 radical (unpaired) electrons. The summed E-state index contributed by atoms with van der Waals surface area (Å²) in [4.78, 5) is 34.0. The van der Waals surface area contributed by atoms with Crippen molar-refractivity contribution in [1.29, 1.82) is 0 Å². The van der Waals surface area contributed by atoms with E-state index in [1.54, 1.807) is 0 Å². The Hall–Kier alpha value is -2.46. The van der Waals surface area contributed by atoms with E-state index in [1.165, 1.54) is 46.1 Å². The van der Waals surface area contributed by atoms with Crippen LogP contribution in [0.25, 0.3) is 0 Å². The van der Waals surface area contributed by atoms with Crippen molar-refractivity contribution in [3.05, 3.63) is 29.3 Å². The highest BCUT2D eigenvalue weighted by atomic mass is 32.2. The summed E-state index contributed by atoms with van der Waals surface area (Å²) in [6, 6.07) is 2.72. The molecule has 144 valence electrons. The van der Waals surface area contributed by atoms with Gasteiger partial charge in [0.25, 0.3) is 0 Å². The van der Waals surface area contributed by atoms with Crippen LogP contribution in [0.2, 0.25) is 0 Å². The molecule has 0 aliphatic carbocycles. The minimum atomic E-state index is -4.24. The number of carboxylic acids is 1. The average Bonchev–Trinajstić information content (AvgIpc) is 2.56. The zero-order valence-corrected chi connectivity index (χ0v) is 15.8. The zero-order chi connectivity index (χ0) is 20.1. The molecule has 9 nitrogen and oxygen atoms in total. The fraction of sp³-hybridized carbons (Fsp3) is 0.438. The second-order valence-corrected chi connectivity index (χ2v) is 7.39. The minimum absolute atomic E-state index is 0.0536. The van der Waals surface area contributed by atoms with Crippen molar-refractivity contribution in [2.24, 2.45) is 0 Å². The fourth-order valence-electron chi connectivity index (χ4n) is 2.34. The Labute approximate surface area is 152 Å². The van der Waals surface area contributed by atoms with E-state index in [-0.39, 0.29) is 35.0 Å². The van der Waals surface area contributed by atoms with E-state index in [0.717, 1.165) is 4.31 Å². The van der Waals surface area contributed by atoms with Gasteiger partial charge in [-0.25, -0.2) is 13.2 Å². The fourth-order valence-corrected chi connectivity index (χ4v) is 4.18. The van der Waals surface area contributed by atoms with E-state index >= 15 is 0 Å². The number of esters is 1. The molecule has 0 aliphatic rings. The third-order valence-corrected chi connectivity index (χ3v) is 5.89. The molecule has 1 atom stereocenters. The summed E-state index contributed by atoms with van der Waals surface area (Å²) in [5, 5.41) is 11.7. The number of hydrogen-bond acceptors (Lipinski definition) is 6. The number of methoxy groups -OCH3 is 1. The van der Waals surface area contributed by atoms with Gasteiger partial charge in [0.05, 0.1) is 17.6 Å². The Morgan fingerprint density at radius 3 is 2.42 bits per heavy atom. The number of hydrogen-bond donors (Lipinski definition) is 2. The van der Waals surface area contributed by atoms with Crippen LogP contribution in [-0.2, 0) is 24.3 Å². The first-order valence-corrected chi connectivity index (χ1v) is 9.15. The number of benzene rings is 1. The van der Waals surface area contributed by atoms with Gasteiger partial charge in [0, 0.05) is 20.0 Å². The molecular weight excluding hydrogens is 364 g/mol. The second kappa shape index (κ2) is 8.77. The summed E-state index contributed by atoms with van der Waals surface area (Å²) in [6.07, 6.45) is 0. The quantitative estimate of drug-likeness (QED) is 0.618. The summed E-state index contributed by atoms with van der Waals surface area (Å²) >= 11 is 0. The second-order valence-electron chi connectivity index (χ2n) is 5.53. The van der Waals surface area contributed by atoms with Crippen LogP contribution in [0.3, 0.4) is 0 Å². The van der Waals surface area contributed by atoms with Crippen LogP contribution in [-0.4, -0.2) is 61.9 Å². The van der Waals surface area contributed by atoms with Gasteiger partial charge < -0.3 is 15.2 Å². The van der Waals surface area contributed by atoms with Crippen LogP contribution in [0, 0.1) is 6.92 Å². The Morgan fingerprint density at radius 2 is 1.92 bits per heavy atom. The monoisotopic (exact) mass is 386 g/mol. The molecule has 26 heavy (non-hydrogen) atoms. The summed E-state index contributed by atoms with van der Waals surface area (Å²) in [6.45, 7) is 3.65. The van der Waals surface area contributed by atoms with Crippen LogP contribution in [0.15, 0.2) is 23.1 Å². The van der Waals surface area contributed by atoms with Crippen molar-refractivity contribution in [3.63, 3.8) is 0 Å². The number of nitrogens with zero attached hydrogens (tertiary/aromatic N) is 1. The molecule has 0 heterocycles. The highest BCUT2D eigenvalue weighted by Gasteiger charge is 2.34. The number of carbonyl (C=O) groups is 3. The first kappa shape index (κ1) is 21.6. The molecule has 1 unspecified atom stereocenters. The SMILES string of the molecule is COC(=O)c1cccc(S(=O)(=O)N(CCNC(C)=O)C(C)C(=O)O)c1C. The molecule has 2 N–H and O–H groups in total. The van der Waals surface area contributed by atoms with E-state index in [1.807, 2.05) is 0 Å². The molecule has 1 aromatic carbocycles. The number of ether oxygens (including phenoxy) is 1. The maximum Gasteiger partial charge on any atom is 0.338 e. The number of sulfonamides is 1. The van der Waals surface area contributed by atoms with Crippen molar-refractivity contribution >= 4 is 27.9 Å². The molecule has 1 amide bonds. The third-order valence-electron chi connectivity index (χ3n) is 3.77. The maximum atomic E-state index is 13.0. The van der Waals surface area contributed by atoms with Crippen LogP contribution in [0.5, 0.6) is 0 Å². The molecule has 0 saturated heterocycles. The molecular formula is C16H22N2O7S. The average molecular weight is 386 g/mol. The van der Waals surface area contributed by atoms with Gasteiger partial charge in [-0.1, -0.05) is 6.07 Å². The Bertz CT molecular complexity index is 805. The molecule has 0 aliphatic heterocycles. The summed E-state index contributed by atoms with van der Waals surface area (Å²) in [5.74, 6) is -2.40. The van der Waals surface area contributed by atoms with E-state index < -0.39 is 28.0 Å². The molecule has 1 rings (SSSR count). The van der Waals surface area contributed by atoms with Gasteiger partial charge in [-0.05, 0) is 31.5 Å². The predicted molar refractivity (Wildman–Crippen MR) is 92.2 cm³/mol. The van der Waals surface area contributed by atoms with Crippen molar-refractivity contribution in [1.82, 2.24) is 9.62 Å². The highest BCUT2D eigenvalue weighted by molar-refractivity contribution is 7.89. The van der Waals surface area contributed by atoms with Crippen molar-refractivity contribution in [3.8, 4) is 0 Å². The maximum absolute atomic E-state index is 13.0. The number of nitrogens with one attached hydrogen (secondary N) is 1. The third kappa shape index (κ3) is 4.79. The van der Waals surface area contributed by atoms with Gasteiger partial charge in [0.2, 0.25) is 15.9 Å². The van der Waals surface area contributed by atoms with Crippen LogP contribution >= 0.6 is 0 Å². The zero-order valence-electron chi connectivity index (χ0n) is 15.0. The standard InChI is InChI=1S/C16H22N2O7S/c1-10-13(16(22)25-4)6-5-7-14(10)26(23,24)18(11(2)15(20)21)9-8-17-12(3)19/h5-7,11H,8-9H2,1-4H3,(H,17,19)(H,20,21). The lowest BCUT2D eigenvalue weighted by Gasteiger charge is -2.26. The van der Waals surface area contributed by atoms with E-state index in [2.05, 4.69) is 10.1 Å². The molecule has 0 saturated carbocycles. The Morgan fingerprint density at radius 1 is 1.31 bits per heavy atom. The number of amides is 1. The van der Waals surface area contributed by atoms with E-state index in [9.17, 15) is 27.9 Å². The molecule has 0 bridgehead atoms. The molecule has 0 spiro atoms. The minimum Gasteiger partial charge on any atom is -0.480 e. The van der Waals surface area contributed by atoms with Gasteiger partial charge in [0.15, 0.2) is 0 Å². The van der Waals surface area contributed by atoms with Gasteiger partial charge in [0.1, 0.15) is 6.04 Å². The number of aliphatic carboxylic acids is 1. The lowest BCUT2D eigenvalue weighted by Crippen LogP contribution is -2.46. The Kier molecular flexibility index (Phi) is 7.28. The topological polar surface area (TPSA) is 130 Å². The van der Waals surface area contributed by atoms with Crippen molar-refractivity contribution in [2.75, 3.05) is 20.2 Å². The smallest absolute Gasteiger partial charge is 0.338 e. The lowest BCUT2D eigenvalue weighted by molar-refractivity contribution is -0.140. The molecule has 1 aromatic rings. The lowest BCUT2D eigenvalue weighted by atomic mass is 10.1. The largest absolute Gasteiger partial charge is 0.480 e. The Balaban J connectivity index is 3.38. The van der Waals surface area contributed by atoms with Crippen LogP contribution < -0.4 is 5.32 Å². The van der Waals surface area contributed by atoms with Gasteiger partial charge in [-0.15, -0.1) is 0 Å². The number of carbonyl (C=O) groups excluding carboxylic acids is 2. The summed E-state index contributed by atoms with van der Waals surface area (Å²) in [7, 11) is -3.07. The number of carboxylic acid groups (broad SMARTS) is 1. The highest BCUT2D eigenvalue weighted by Crippen LogP contribution is 2.24. The van der Waals surface area contributed by atoms with Crippen LogP contribution in [0.1, 0.15) is 29.8 Å². The van der Waals surface area contributed by atoms with Gasteiger partial charge >= 0.3 is 11.9 Å². The van der Waals surface area contributed by atoms with E-state index in [0.29, 0.717) is 0 Å². The summed E-state index contributed by atoms with van der Waals surface area (Å²) in [5.41, 5.74) is 0.222. The summed E-state index contributed by atoms with van der Waals surface area (Å²) < 4.78 is 31.5. The first-order chi connectivity index (χ1) is 12.0. The number of rotatable bonds is 8. The van der Waals surface area contributed by atoms with Crippen molar-refractivity contribution in [2.45, 2.75) is 31.7 Å². The first-order valence-electron chi connectivity index (χ1n) is 7.71.